The molecular formula is C14H22N4O2. The number of nitrogens with zero attached hydrogens (tertiary/aromatic N) is 3. The van der Waals surface area contributed by atoms with Gasteiger partial charge in [0.1, 0.15) is 0 Å². The van der Waals surface area contributed by atoms with Crippen LogP contribution in [-0.2, 0) is 23.1 Å². The number of carbonyl (C=O) groups excluding carboxylic acids is 2. The van der Waals surface area contributed by atoms with Crippen LogP contribution in [0.4, 0.5) is 0 Å². The van der Waals surface area contributed by atoms with E-state index in [0.717, 1.165) is 29.8 Å². The SMILES string of the molecule is Cc1nn(C)c(C)c1CC(=O)N1CCC[C@H](C(N)=O)C1. The Hall–Kier alpha value is -1.85. The van der Waals surface area contributed by atoms with Crippen LogP contribution < -0.4 is 5.73 Å². The number of carbonyl (C=O) groups is 2. The van der Waals surface area contributed by atoms with Crippen LogP contribution in [-0.4, -0.2) is 39.6 Å². The zero-order valence-corrected chi connectivity index (χ0v) is 12.3. The predicted molar refractivity (Wildman–Crippen MR) is 74.9 cm³/mol. The summed E-state index contributed by atoms with van der Waals surface area (Å²) in [5.41, 5.74) is 8.23. The highest BCUT2D eigenvalue weighted by molar-refractivity contribution is 5.81. The van der Waals surface area contributed by atoms with E-state index in [1.807, 2.05) is 20.9 Å². The Kier molecular flexibility index (Phi) is 4.11. The summed E-state index contributed by atoms with van der Waals surface area (Å²) in [6.45, 7) is 5.04. The van der Waals surface area contributed by atoms with Crippen molar-refractivity contribution in [2.75, 3.05) is 13.1 Å². The van der Waals surface area contributed by atoms with Gasteiger partial charge in [-0.1, -0.05) is 0 Å². The Morgan fingerprint density at radius 1 is 1.40 bits per heavy atom. The average Bonchev–Trinajstić information content (AvgIpc) is 2.65. The minimum absolute atomic E-state index is 0.0511. The van der Waals surface area contributed by atoms with Gasteiger partial charge >= 0.3 is 0 Å². The number of hydrogen-bond acceptors (Lipinski definition) is 3. The summed E-state index contributed by atoms with van der Waals surface area (Å²) in [4.78, 5) is 25.4. The first-order valence-corrected chi connectivity index (χ1v) is 6.96. The molecule has 0 unspecified atom stereocenters. The van der Waals surface area contributed by atoms with Crippen LogP contribution in [0.3, 0.4) is 0 Å². The van der Waals surface area contributed by atoms with Crippen LogP contribution in [0, 0.1) is 19.8 Å². The Bertz CT molecular complexity index is 536. The van der Waals surface area contributed by atoms with Gasteiger partial charge in [-0.2, -0.15) is 5.10 Å². The number of rotatable bonds is 3. The zero-order chi connectivity index (χ0) is 14.9. The molecule has 0 bridgehead atoms. The summed E-state index contributed by atoms with van der Waals surface area (Å²) < 4.78 is 1.79. The van der Waals surface area contributed by atoms with E-state index < -0.39 is 0 Å². The topological polar surface area (TPSA) is 81.2 Å². The van der Waals surface area contributed by atoms with E-state index in [-0.39, 0.29) is 17.7 Å². The van der Waals surface area contributed by atoms with Crippen LogP contribution in [0.25, 0.3) is 0 Å². The molecule has 20 heavy (non-hydrogen) atoms. The normalized spacial score (nSPS) is 19.1. The molecule has 2 amide bonds. The molecule has 110 valence electrons. The summed E-state index contributed by atoms with van der Waals surface area (Å²) in [5, 5.41) is 4.32. The molecule has 1 atom stereocenters. The lowest BCUT2D eigenvalue weighted by atomic mass is 9.97. The second-order valence-electron chi connectivity index (χ2n) is 5.53. The Morgan fingerprint density at radius 2 is 2.10 bits per heavy atom. The Morgan fingerprint density at radius 3 is 2.65 bits per heavy atom. The fourth-order valence-electron chi connectivity index (χ4n) is 2.77. The number of likely N-dealkylation sites (tertiary alicyclic amines) is 1. The van der Waals surface area contributed by atoms with E-state index in [9.17, 15) is 9.59 Å². The molecule has 1 aliphatic heterocycles. The minimum atomic E-state index is -0.309. The van der Waals surface area contributed by atoms with Crippen molar-refractivity contribution in [1.82, 2.24) is 14.7 Å². The minimum Gasteiger partial charge on any atom is -0.369 e. The van der Waals surface area contributed by atoms with Gasteiger partial charge in [0, 0.05) is 31.4 Å². The lowest BCUT2D eigenvalue weighted by Gasteiger charge is -2.31. The van der Waals surface area contributed by atoms with Crippen LogP contribution in [0.1, 0.15) is 29.8 Å². The molecule has 6 heteroatoms. The number of primary amides is 1. The van der Waals surface area contributed by atoms with Gasteiger partial charge in [-0.25, -0.2) is 0 Å². The van der Waals surface area contributed by atoms with Crippen LogP contribution in [0.5, 0.6) is 0 Å². The smallest absolute Gasteiger partial charge is 0.227 e. The third kappa shape index (κ3) is 2.84. The summed E-state index contributed by atoms with van der Waals surface area (Å²) in [6.07, 6.45) is 1.96. The van der Waals surface area contributed by atoms with E-state index in [2.05, 4.69) is 5.10 Å². The highest BCUT2D eigenvalue weighted by Gasteiger charge is 2.27. The van der Waals surface area contributed by atoms with E-state index in [0.29, 0.717) is 19.5 Å². The van der Waals surface area contributed by atoms with Crippen LogP contribution in [0.2, 0.25) is 0 Å². The molecule has 1 aromatic rings. The van der Waals surface area contributed by atoms with Gasteiger partial charge < -0.3 is 10.6 Å². The second kappa shape index (κ2) is 5.64. The van der Waals surface area contributed by atoms with E-state index in [4.69, 9.17) is 5.73 Å². The van der Waals surface area contributed by atoms with Crippen molar-refractivity contribution in [1.29, 1.82) is 0 Å². The van der Waals surface area contributed by atoms with Crippen LogP contribution >= 0.6 is 0 Å². The molecule has 0 spiro atoms. The second-order valence-corrected chi connectivity index (χ2v) is 5.53. The van der Waals surface area contributed by atoms with Crippen LogP contribution in [0.15, 0.2) is 0 Å². The molecule has 0 aromatic carbocycles. The maximum absolute atomic E-state index is 12.4. The monoisotopic (exact) mass is 278 g/mol. The summed E-state index contributed by atoms with van der Waals surface area (Å²) >= 11 is 0. The molecule has 1 fully saturated rings. The summed E-state index contributed by atoms with van der Waals surface area (Å²) in [7, 11) is 1.88. The van der Waals surface area contributed by atoms with Gasteiger partial charge in [0.05, 0.1) is 18.0 Å². The standard InChI is InChI=1S/C14H22N4O2/c1-9-12(10(2)17(3)16-9)7-13(19)18-6-4-5-11(8-18)14(15)20/h11H,4-8H2,1-3H3,(H2,15,20)/t11-/m0/s1. The van der Waals surface area contributed by atoms with Crippen molar-refractivity contribution in [3.05, 3.63) is 17.0 Å². The number of hydrogen-bond donors (Lipinski definition) is 1. The van der Waals surface area contributed by atoms with Gasteiger partial charge in [0.25, 0.3) is 0 Å². The summed E-state index contributed by atoms with van der Waals surface area (Å²) in [5.74, 6) is -0.463. The molecule has 2 N–H and O–H groups in total. The maximum atomic E-state index is 12.4. The van der Waals surface area contributed by atoms with E-state index in [1.54, 1.807) is 9.58 Å². The summed E-state index contributed by atoms with van der Waals surface area (Å²) in [6, 6.07) is 0. The Labute approximate surface area is 118 Å². The van der Waals surface area contributed by atoms with Crippen molar-refractivity contribution < 1.29 is 9.59 Å². The van der Waals surface area contributed by atoms with Gasteiger partial charge in [-0.05, 0) is 26.7 Å². The molecule has 0 aliphatic carbocycles. The van der Waals surface area contributed by atoms with Gasteiger partial charge in [-0.3, -0.25) is 14.3 Å². The van der Waals surface area contributed by atoms with E-state index in [1.165, 1.54) is 0 Å². The number of piperidine rings is 1. The van der Waals surface area contributed by atoms with Crippen molar-refractivity contribution >= 4 is 11.8 Å². The lowest BCUT2D eigenvalue weighted by molar-refractivity contribution is -0.134. The molecule has 6 nitrogen and oxygen atoms in total. The quantitative estimate of drug-likeness (QED) is 0.863. The van der Waals surface area contributed by atoms with Crippen molar-refractivity contribution in [3.8, 4) is 0 Å². The molecule has 1 aliphatic rings. The zero-order valence-electron chi connectivity index (χ0n) is 12.3. The maximum Gasteiger partial charge on any atom is 0.227 e. The molecule has 2 heterocycles. The van der Waals surface area contributed by atoms with Gasteiger partial charge in [0.15, 0.2) is 0 Å². The highest BCUT2D eigenvalue weighted by Crippen LogP contribution is 2.19. The van der Waals surface area contributed by atoms with Gasteiger partial charge in [0.2, 0.25) is 11.8 Å². The molecule has 1 aromatic heterocycles. The highest BCUT2D eigenvalue weighted by atomic mass is 16.2. The molecular weight excluding hydrogens is 256 g/mol. The largest absolute Gasteiger partial charge is 0.369 e. The first kappa shape index (κ1) is 14.6. The van der Waals surface area contributed by atoms with E-state index >= 15 is 0 Å². The predicted octanol–water partition coefficient (Wildman–Crippen LogP) is 0.303. The number of aromatic nitrogens is 2. The van der Waals surface area contributed by atoms with Crippen molar-refractivity contribution in [2.24, 2.45) is 18.7 Å². The molecule has 1 saturated heterocycles. The average molecular weight is 278 g/mol. The fraction of sp³-hybridized carbons (Fsp3) is 0.643. The third-order valence-electron chi connectivity index (χ3n) is 4.16. The molecule has 0 saturated carbocycles. The molecule has 0 radical (unpaired) electrons. The molecule has 2 rings (SSSR count). The van der Waals surface area contributed by atoms with Gasteiger partial charge in [-0.15, -0.1) is 0 Å². The lowest BCUT2D eigenvalue weighted by Crippen LogP contribution is -2.44. The number of aryl methyl sites for hydroxylation is 2. The first-order valence-electron chi connectivity index (χ1n) is 6.96. The third-order valence-corrected chi connectivity index (χ3v) is 4.16. The van der Waals surface area contributed by atoms with Crippen molar-refractivity contribution in [2.45, 2.75) is 33.1 Å². The number of nitrogens with two attached hydrogens (primary N) is 1. The fourth-order valence-corrected chi connectivity index (χ4v) is 2.77. The van der Waals surface area contributed by atoms with Crippen molar-refractivity contribution in [3.63, 3.8) is 0 Å². The first-order chi connectivity index (χ1) is 9.40. The number of amides is 2. The Balaban J connectivity index is 2.06.